The van der Waals surface area contributed by atoms with Crippen LogP contribution in [0.1, 0.15) is 33.1 Å². The molecule has 0 aromatic carbocycles. The van der Waals surface area contributed by atoms with Crippen LogP contribution < -0.4 is 5.32 Å². The molecule has 0 radical (unpaired) electrons. The van der Waals surface area contributed by atoms with Crippen LogP contribution in [-0.4, -0.2) is 100 Å². The van der Waals surface area contributed by atoms with Gasteiger partial charge in [-0.2, -0.15) is 0 Å². The van der Waals surface area contributed by atoms with E-state index in [9.17, 15) is 0 Å². The summed E-state index contributed by atoms with van der Waals surface area (Å²) in [7, 11) is 3.71. The lowest BCUT2D eigenvalue weighted by molar-refractivity contribution is 0.120. The second-order valence-corrected chi connectivity index (χ2v) is 7.79. The first-order valence-electron chi connectivity index (χ1n) is 10.6. The Balaban J connectivity index is 1.69. The highest BCUT2D eigenvalue weighted by molar-refractivity contribution is 5.80. The molecule has 0 amide bonds. The molecule has 0 aromatic rings. The van der Waals surface area contributed by atoms with Gasteiger partial charge in [-0.3, -0.25) is 4.99 Å². The van der Waals surface area contributed by atoms with Gasteiger partial charge in [0, 0.05) is 46.9 Å². The maximum absolute atomic E-state index is 5.19. The Labute approximate surface area is 160 Å². The first kappa shape index (κ1) is 21.5. The minimum absolute atomic E-state index is 0.764. The van der Waals surface area contributed by atoms with E-state index in [0.717, 1.165) is 63.7 Å². The number of methoxy groups -OCH3 is 1. The maximum atomic E-state index is 5.19. The number of hydrogen-bond donors (Lipinski definition) is 1. The zero-order valence-corrected chi connectivity index (χ0v) is 17.5. The molecule has 0 spiro atoms. The Morgan fingerprint density at radius 3 is 2.42 bits per heavy atom. The predicted molar refractivity (Wildman–Crippen MR) is 110 cm³/mol. The summed E-state index contributed by atoms with van der Waals surface area (Å²) in [4.78, 5) is 12.1. The molecule has 2 rings (SSSR count). The molecule has 1 N–H and O–H groups in total. The van der Waals surface area contributed by atoms with Gasteiger partial charge in [0.2, 0.25) is 0 Å². The molecule has 6 heteroatoms. The average Bonchev–Trinajstić information content (AvgIpc) is 3.14. The van der Waals surface area contributed by atoms with Crippen LogP contribution in [0.5, 0.6) is 0 Å². The van der Waals surface area contributed by atoms with Crippen molar-refractivity contribution in [1.29, 1.82) is 0 Å². The van der Waals surface area contributed by atoms with E-state index in [1.54, 1.807) is 7.11 Å². The minimum Gasteiger partial charge on any atom is -0.383 e. The number of piperidine rings is 1. The van der Waals surface area contributed by atoms with Crippen LogP contribution >= 0.6 is 0 Å². The van der Waals surface area contributed by atoms with Crippen molar-refractivity contribution in [3.8, 4) is 0 Å². The third-order valence-electron chi connectivity index (χ3n) is 6.08. The molecular formula is C20H41N5O. The third kappa shape index (κ3) is 6.71. The Bertz CT molecular complexity index is 405. The Kier molecular flexibility index (Phi) is 9.72. The summed E-state index contributed by atoms with van der Waals surface area (Å²) < 4.78 is 5.19. The Hall–Kier alpha value is -0.850. The first-order valence-corrected chi connectivity index (χ1v) is 10.6. The van der Waals surface area contributed by atoms with Gasteiger partial charge in [-0.15, -0.1) is 0 Å². The lowest BCUT2D eigenvalue weighted by atomic mass is 9.97. The van der Waals surface area contributed by atoms with Crippen molar-refractivity contribution in [2.45, 2.75) is 33.1 Å². The third-order valence-corrected chi connectivity index (χ3v) is 6.08. The lowest BCUT2D eigenvalue weighted by Crippen LogP contribution is -2.44. The van der Waals surface area contributed by atoms with Gasteiger partial charge >= 0.3 is 0 Å². The van der Waals surface area contributed by atoms with Crippen molar-refractivity contribution < 1.29 is 4.74 Å². The average molecular weight is 368 g/mol. The molecule has 0 aliphatic carbocycles. The van der Waals surface area contributed by atoms with E-state index in [-0.39, 0.29) is 0 Å². The zero-order valence-electron chi connectivity index (χ0n) is 17.5. The molecule has 0 aromatic heterocycles. The van der Waals surface area contributed by atoms with E-state index in [1.165, 1.54) is 38.9 Å². The number of rotatable bonds is 9. The normalized spacial score (nSPS) is 23.2. The second-order valence-electron chi connectivity index (χ2n) is 7.79. The van der Waals surface area contributed by atoms with Gasteiger partial charge < -0.3 is 24.8 Å². The largest absolute Gasteiger partial charge is 0.383 e. The van der Waals surface area contributed by atoms with Crippen molar-refractivity contribution in [3.05, 3.63) is 0 Å². The van der Waals surface area contributed by atoms with E-state index in [0.29, 0.717) is 0 Å². The molecule has 6 nitrogen and oxygen atoms in total. The van der Waals surface area contributed by atoms with Crippen LogP contribution in [0.15, 0.2) is 4.99 Å². The summed E-state index contributed by atoms with van der Waals surface area (Å²) in [6.07, 6.45) is 3.84. The zero-order chi connectivity index (χ0) is 18.8. The molecule has 0 saturated carbocycles. The number of aliphatic imine (C=N–C) groups is 1. The molecular weight excluding hydrogens is 326 g/mol. The number of hydrogen-bond acceptors (Lipinski definition) is 4. The summed E-state index contributed by atoms with van der Waals surface area (Å²) in [6.45, 7) is 15.7. The molecule has 0 bridgehead atoms. The summed E-state index contributed by atoms with van der Waals surface area (Å²) in [5.41, 5.74) is 0. The number of guanidine groups is 1. The fourth-order valence-corrected chi connectivity index (χ4v) is 4.22. The van der Waals surface area contributed by atoms with Gasteiger partial charge in [0.25, 0.3) is 0 Å². The molecule has 1 atom stereocenters. The number of nitrogens with one attached hydrogen (secondary N) is 1. The molecule has 2 heterocycles. The highest BCUT2D eigenvalue weighted by Crippen LogP contribution is 2.19. The number of likely N-dealkylation sites (tertiary alicyclic amines) is 2. The van der Waals surface area contributed by atoms with Crippen molar-refractivity contribution in [1.82, 2.24) is 20.0 Å². The summed E-state index contributed by atoms with van der Waals surface area (Å²) >= 11 is 0. The second kappa shape index (κ2) is 11.8. The maximum Gasteiger partial charge on any atom is 0.193 e. The first-order chi connectivity index (χ1) is 12.7. The van der Waals surface area contributed by atoms with Crippen LogP contribution in [0, 0.1) is 11.8 Å². The van der Waals surface area contributed by atoms with Gasteiger partial charge in [0.1, 0.15) is 0 Å². The summed E-state index contributed by atoms with van der Waals surface area (Å²) in [5, 5.41) is 3.66. The highest BCUT2D eigenvalue weighted by atomic mass is 16.5. The fraction of sp³-hybridized carbons (Fsp3) is 0.950. The molecule has 2 fully saturated rings. The van der Waals surface area contributed by atoms with Gasteiger partial charge in [0.05, 0.1) is 6.61 Å². The fourth-order valence-electron chi connectivity index (χ4n) is 4.22. The van der Waals surface area contributed by atoms with Gasteiger partial charge in [-0.1, -0.05) is 13.8 Å². The van der Waals surface area contributed by atoms with E-state index < -0.39 is 0 Å². The molecule has 26 heavy (non-hydrogen) atoms. The summed E-state index contributed by atoms with van der Waals surface area (Å²) in [6, 6.07) is 0. The highest BCUT2D eigenvalue weighted by Gasteiger charge is 2.26. The molecule has 152 valence electrons. The topological polar surface area (TPSA) is 43.3 Å². The van der Waals surface area contributed by atoms with Crippen LogP contribution in [0.25, 0.3) is 0 Å². The molecule has 2 saturated heterocycles. The van der Waals surface area contributed by atoms with Crippen LogP contribution in [0.4, 0.5) is 0 Å². The molecule has 2 aliphatic rings. The van der Waals surface area contributed by atoms with Gasteiger partial charge in [0.15, 0.2) is 5.96 Å². The smallest absolute Gasteiger partial charge is 0.193 e. The summed E-state index contributed by atoms with van der Waals surface area (Å²) in [5.74, 6) is 2.64. The Morgan fingerprint density at radius 1 is 1.12 bits per heavy atom. The SMILES string of the molecule is CCN(CC)CC1CCN(C(=NC)NCC2CCN(CCOC)CC2)C1. The van der Waals surface area contributed by atoms with Gasteiger partial charge in [-0.25, -0.2) is 0 Å². The van der Waals surface area contributed by atoms with E-state index in [2.05, 4.69) is 38.9 Å². The van der Waals surface area contributed by atoms with Gasteiger partial charge in [-0.05, 0) is 57.3 Å². The van der Waals surface area contributed by atoms with E-state index in [1.807, 2.05) is 7.05 Å². The molecule has 1 unspecified atom stereocenters. The van der Waals surface area contributed by atoms with Crippen LogP contribution in [0.3, 0.4) is 0 Å². The Morgan fingerprint density at radius 2 is 1.81 bits per heavy atom. The van der Waals surface area contributed by atoms with Crippen LogP contribution in [-0.2, 0) is 4.74 Å². The van der Waals surface area contributed by atoms with Crippen LogP contribution in [0.2, 0.25) is 0 Å². The monoisotopic (exact) mass is 367 g/mol. The van der Waals surface area contributed by atoms with Crippen molar-refractivity contribution in [2.24, 2.45) is 16.8 Å². The van der Waals surface area contributed by atoms with Crippen molar-refractivity contribution in [3.63, 3.8) is 0 Å². The lowest BCUT2D eigenvalue weighted by Gasteiger charge is -2.32. The quantitative estimate of drug-likeness (QED) is 0.495. The van der Waals surface area contributed by atoms with E-state index >= 15 is 0 Å². The standard InChI is InChI=1S/C20H41N5O/c1-5-23(6-2)16-19-9-12-25(17-19)20(21-3)22-15-18-7-10-24(11-8-18)13-14-26-4/h18-19H,5-17H2,1-4H3,(H,21,22). The predicted octanol–water partition coefficient (Wildman–Crippen LogP) is 1.58. The number of nitrogens with zero attached hydrogens (tertiary/aromatic N) is 4. The minimum atomic E-state index is 0.764. The molecule has 2 aliphatic heterocycles. The number of ether oxygens (including phenoxy) is 1. The van der Waals surface area contributed by atoms with Crippen molar-refractivity contribution in [2.75, 3.05) is 79.7 Å². The van der Waals surface area contributed by atoms with E-state index in [4.69, 9.17) is 4.74 Å². The van der Waals surface area contributed by atoms with Crippen molar-refractivity contribution >= 4 is 5.96 Å².